The van der Waals surface area contributed by atoms with Crippen LogP contribution in [0.1, 0.15) is 23.2 Å². The summed E-state index contributed by atoms with van der Waals surface area (Å²) < 4.78 is 30.7. The summed E-state index contributed by atoms with van der Waals surface area (Å²) in [6, 6.07) is 1.52. The molecule has 1 aromatic rings. The Morgan fingerprint density at radius 1 is 1.25 bits per heavy atom. The number of esters is 1. The molecule has 0 atom stereocenters. The molecule has 106 valence electrons. The molecule has 1 amide bonds. The molecule has 0 N–H and O–H groups in total. The van der Waals surface area contributed by atoms with Gasteiger partial charge in [-0.05, 0) is 12.5 Å². The van der Waals surface area contributed by atoms with Crippen molar-refractivity contribution in [2.45, 2.75) is 12.8 Å². The number of hydrogen-bond acceptors (Lipinski definition) is 4. The van der Waals surface area contributed by atoms with Gasteiger partial charge in [0.2, 0.25) is 0 Å². The van der Waals surface area contributed by atoms with E-state index >= 15 is 0 Å². The Balaban J connectivity index is 2.20. The molecule has 1 aliphatic heterocycles. The van der Waals surface area contributed by atoms with Crippen molar-refractivity contribution in [1.82, 2.24) is 0 Å². The van der Waals surface area contributed by atoms with Crippen LogP contribution in [-0.2, 0) is 14.3 Å². The monoisotopic (exact) mass is 283 g/mol. The van der Waals surface area contributed by atoms with Gasteiger partial charge in [-0.2, -0.15) is 0 Å². The molecule has 0 fully saturated rings. The van der Waals surface area contributed by atoms with Crippen LogP contribution in [0.4, 0.5) is 14.5 Å². The van der Waals surface area contributed by atoms with Gasteiger partial charge in [0.15, 0.2) is 11.6 Å². The summed E-state index contributed by atoms with van der Waals surface area (Å²) in [5.74, 6) is -4.49. The maximum atomic E-state index is 13.2. The van der Waals surface area contributed by atoms with Gasteiger partial charge in [-0.25, -0.2) is 8.78 Å². The molecule has 0 unspecified atom stereocenters. The van der Waals surface area contributed by atoms with E-state index in [0.717, 1.165) is 11.0 Å². The highest BCUT2D eigenvalue weighted by Crippen LogP contribution is 2.31. The largest absolute Gasteiger partial charge is 0.469 e. The topological polar surface area (TPSA) is 63.7 Å². The van der Waals surface area contributed by atoms with Crippen molar-refractivity contribution >= 4 is 23.3 Å². The second-order valence-electron chi connectivity index (χ2n) is 4.25. The van der Waals surface area contributed by atoms with Gasteiger partial charge in [0.05, 0.1) is 18.4 Å². The van der Waals surface area contributed by atoms with Crippen LogP contribution >= 0.6 is 0 Å². The highest BCUT2D eigenvalue weighted by atomic mass is 19.2. The van der Waals surface area contributed by atoms with Crippen LogP contribution in [0.15, 0.2) is 12.1 Å². The van der Waals surface area contributed by atoms with E-state index < -0.39 is 29.3 Å². The van der Waals surface area contributed by atoms with Gasteiger partial charge in [-0.3, -0.25) is 14.4 Å². The van der Waals surface area contributed by atoms with Crippen molar-refractivity contribution in [1.29, 1.82) is 0 Å². The Labute approximate surface area is 113 Å². The highest BCUT2D eigenvalue weighted by Gasteiger charge is 2.36. The number of carbonyl (C=O) groups excluding carboxylic acids is 3. The fraction of sp³-hybridized carbons (Fsp3) is 0.308. The lowest BCUT2D eigenvalue weighted by Crippen LogP contribution is -2.31. The van der Waals surface area contributed by atoms with E-state index in [0.29, 0.717) is 6.07 Å². The highest BCUT2D eigenvalue weighted by molar-refractivity contribution is 6.52. The van der Waals surface area contributed by atoms with Crippen molar-refractivity contribution in [3.05, 3.63) is 29.3 Å². The number of ketones is 1. The first-order chi connectivity index (χ1) is 9.45. The van der Waals surface area contributed by atoms with Gasteiger partial charge in [-0.1, -0.05) is 0 Å². The number of halogens is 2. The van der Waals surface area contributed by atoms with E-state index in [9.17, 15) is 23.2 Å². The van der Waals surface area contributed by atoms with E-state index in [2.05, 4.69) is 4.74 Å². The van der Waals surface area contributed by atoms with E-state index in [-0.39, 0.29) is 30.6 Å². The van der Waals surface area contributed by atoms with Gasteiger partial charge in [0, 0.05) is 19.0 Å². The smallest absolute Gasteiger partial charge is 0.305 e. The average Bonchev–Trinajstić information content (AvgIpc) is 2.64. The summed E-state index contributed by atoms with van der Waals surface area (Å²) in [5, 5.41) is 0. The lowest BCUT2D eigenvalue weighted by molar-refractivity contribution is -0.140. The Kier molecular flexibility index (Phi) is 3.78. The number of carbonyl (C=O) groups is 3. The van der Waals surface area contributed by atoms with Gasteiger partial charge in [-0.15, -0.1) is 0 Å². The molecule has 1 heterocycles. The molecule has 7 heteroatoms. The molecule has 0 saturated heterocycles. The fourth-order valence-electron chi connectivity index (χ4n) is 1.99. The predicted octanol–water partition coefficient (Wildman–Crippen LogP) is 1.45. The zero-order chi connectivity index (χ0) is 14.9. The van der Waals surface area contributed by atoms with Crippen LogP contribution in [0, 0.1) is 11.6 Å². The van der Waals surface area contributed by atoms with E-state index in [1.54, 1.807) is 0 Å². The summed E-state index contributed by atoms with van der Waals surface area (Å²) in [5.41, 5.74) is -0.129. The third-order valence-corrected chi connectivity index (χ3v) is 3.00. The number of ether oxygens (including phenoxy) is 1. The van der Waals surface area contributed by atoms with E-state index in [1.165, 1.54) is 7.11 Å². The van der Waals surface area contributed by atoms with Crippen LogP contribution in [0.5, 0.6) is 0 Å². The molecule has 1 aromatic carbocycles. The lowest BCUT2D eigenvalue weighted by atomic mass is 10.1. The maximum absolute atomic E-state index is 13.2. The molecule has 0 saturated carbocycles. The number of hydrogen-bond donors (Lipinski definition) is 0. The molecular weight excluding hydrogens is 272 g/mol. The molecule has 0 radical (unpaired) electrons. The van der Waals surface area contributed by atoms with Crippen molar-refractivity contribution < 1.29 is 27.9 Å². The summed E-state index contributed by atoms with van der Waals surface area (Å²) in [7, 11) is 1.24. The van der Waals surface area contributed by atoms with Crippen molar-refractivity contribution in [2.75, 3.05) is 18.6 Å². The Bertz CT molecular complexity index is 600. The predicted molar refractivity (Wildman–Crippen MR) is 64.3 cm³/mol. The van der Waals surface area contributed by atoms with Crippen LogP contribution < -0.4 is 4.90 Å². The molecule has 5 nitrogen and oxygen atoms in total. The second kappa shape index (κ2) is 5.36. The summed E-state index contributed by atoms with van der Waals surface area (Å²) in [6.45, 7) is 0.0533. The fourth-order valence-corrected chi connectivity index (χ4v) is 1.99. The van der Waals surface area contributed by atoms with Gasteiger partial charge >= 0.3 is 5.97 Å². The van der Waals surface area contributed by atoms with Gasteiger partial charge < -0.3 is 9.64 Å². The normalized spacial score (nSPS) is 13.7. The SMILES string of the molecule is COC(=O)CCCN1C(=O)C(=O)c2cc(F)c(F)cc21. The van der Waals surface area contributed by atoms with Crippen LogP contribution in [0.3, 0.4) is 0 Å². The number of anilines is 1. The Morgan fingerprint density at radius 2 is 1.90 bits per heavy atom. The first kappa shape index (κ1) is 14.1. The number of benzene rings is 1. The van der Waals surface area contributed by atoms with Crippen LogP contribution in [0.25, 0.3) is 0 Å². The van der Waals surface area contributed by atoms with Crippen LogP contribution in [-0.4, -0.2) is 31.3 Å². The zero-order valence-corrected chi connectivity index (χ0v) is 10.6. The van der Waals surface area contributed by atoms with Crippen LogP contribution in [0.2, 0.25) is 0 Å². The second-order valence-corrected chi connectivity index (χ2v) is 4.25. The molecule has 0 aromatic heterocycles. The van der Waals surface area contributed by atoms with Crippen molar-refractivity contribution in [2.24, 2.45) is 0 Å². The lowest BCUT2D eigenvalue weighted by Gasteiger charge is -2.16. The van der Waals surface area contributed by atoms with E-state index in [1.807, 2.05) is 0 Å². The number of nitrogens with zero attached hydrogens (tertiary/aromatic N) is 1. The first-order valence-electron chi connectivity index (χ1n) is 5.87. The molecular formula is C13H11F2NO4. The molecule has 0 spiro atoms. The zero-order valence-electron chi connectivity index (χ0n) is 10.6. The Hall–Kier alpha value is -2.31. The van der Waals surface area contributed by atoms with Crippen molar-refractivity contribution in [3.8, 4) is 0 Å². The Morgan fingerprint density at radius 3 is 2.55 bits per heavy atom. The number of Topliss-reactive ketones (excluding diaryl/α,β-unsaturated/α-hetero) is 1. The van der Waals surface area contributed by atoms with Gasteiger partial charge in [0.1, 0.15) is 0 Å². The standard InChI is InChI=1S/C13H11F2NO4/c1-20-11(17)3-2-4-16-10-6-9(15)8(14)5-7(10)12(18)13(16)19/h5-6H,2-4H2,1H3. The van der Waals surface area contributed by atoms with Crippen molar-refractivity contribution in [3.63, 3.8) is 0 Å². The molecule has 0 bridgehead atoms. The molecule has 20 heavy (non-hydrogen) atoms. The molecule has 2 rings (SSSR count). The first-order valence-corrected chi connectivity index (χ1v) is 5.87. The average molecular weight is 283 g/mol. The number of fused-ring (bicyclic) bond motifs is 1. The minimum atomic E-state index is -1.18. The summed E-state index contributed by atoms with van der Waals surface area (Å²) in [6.07, 6.45) is 0.317. The van der Waals surface area contributed by atoms with E-state index in [4.69, 9.17) is 0 Å². The summed E-state index contributed by atoms with van der Waals surface area (Å²) in [4.78, 5) is 35.4. The third kappa shape index (κ3) is 2.38. The number of rotatable bonds is 4. The number of methoxy groups -OCH3 is 1. The quantitative estimate of drug-likeness (QED) is 0.619. The van der Waals surface area contributed by atoms with Gasteiger partial charge in [0.25, 0.3) is 11.7 Å². The summed E-state index contributed by atoms with van der Waals surface area (Å²) >= 11 is 0. The molecule has 1 aliphatic rings. The minimum absolute atomic E-state index is 0.0313. The third-order valence-electron chi connectivity index (χ3n) is 3.00. The number of amides is 1. The molecule has 0 aliphatic carbocycles. The maximum Gasteiger partial charge on any atom is 0.305 e. The minimum Gasteiger partial charge on any atom is -0.469 e.